The van der Waals surface area contributed by atoms with Gasteiger partial charge in [-0.25, -0.2) is 8.42 Å². The fourth-order valence-corrected chi connectivity index (χ4v) is 2.13. The van der Waals surface area contributed by atoms with Crippen molar-refractivity contribution in [2.24, 2.45) is 0 Å². The van der Waals surface area contributed by atoms with Crippen LogP contribution in [0.4, 0.5) is 13.2 Å². The molecule has 0 bridgehead atoms. The van der Waals surface area contributed by atoms with E-state index in [1.807, 2.05) is 0 Å². The van der Waals surface area contributed by atoms with Gasteiger partial charge in [-0.05, 0) is 42.7 Å². The molecular weight excluding hydrogens is 241 g/mol. The van der Waals surface area contributed by atoms with Crippen LogP contribution in [0, 0.1) is 13.0 Å². The van der Waals surface area contributed by atoms with Gasteiger partial charge in [0.2, 0.25) is 0 Å². The van der Waals surface area contributed by atoms with Gasteiger partial charge in [-0.3, -0.25) is 0 Å². The van der Waals surface area contributed by atoms with Gasteiger partial charge in [-0.15, -0.1) is 0 Å². The minimum Gasteiger partial charge on any atom is -0.214 e. The number of alkyl halides is 3. The number of halogens is 3. The topological polar surface area (TPSA) is 34.1 Å². The number of rotatable bonds is 2. The summed E-state index contributed by atoms with van der Waals surface area (Å²) >= 11 is 0. The molecule has 1 radical (unpaired) electrons. The molecular formula is C10H10F3O2S. The molecule has 1 rings (SSSR count). The maximum Gasteiger partial charge on any atom is 0.501 e. The molecule has 6 heteroatoms. The molecule has 0 amide bonds. The first kappa shape index (κ1) is 13.0. The largest absolute Gasteiger partial charge is 0.501 e. The van der Waals surface area contributed by atoms with E-state index in [1.165, 1.54) is 6.92 Å². The van der Waals surface area contributed by atoms with E-state index in [-0.39, 0.29) is 0 Å². The van der Waals surface area contributed by atoms with Crippen LogP contribution in [0.3, 0.4) is 0 Å². The second-order valence-electron chi connectivity index (χ2n) is 3.33. The Morgan fingerprint density at radius 3 is 2.31 bits per heavy atom. The lowest BCUT2D eigenvalue weighted by Gasteiger charge is -2.09. The molecule has 0 N–H and O–H groups in total. The quantitative estimate of drug-likeness (QED) is 0.809. The number of benzene rings is 1. The Morgan fingerprint density at radius 1 is 1.31 bits per heavy atom. The summed E-state index contributed by atoms with van der Waals surface area (Å²) in [7, 11) is -5.25. The zero-order valence-electron chi connectivity index (χ0n) is 8.72. The second-order valence-corrected chi connectivity index (χ2v) is 5.27. The van der Waals surface area contributed by atoms with Crippen molar-refractivity contribution < 1.29 is 21.6 Å². The summed E-state index contributed by atoms with van der Waals surface area (Å²) < 4.78 is 59.1. The average molecular weight is 251 g/mol. The molecule has 0 heterocycles. The number of hydrogen-bond acceptors (Lipinski definition) is 2. The summed E-state index contributed by atoms with van der Waals surface area (Å²) in [6.45, 7) is 3.23. The highest BCUT2D eigenvalue weighted by molar-refractivity contribution is 7.92. The minimum atomic E-state index is -5.26. The summed E-state index contributed by atoms with van der Waals surface area (Å²) in [6.07, 6.45) is 0.433. The van der Waals surface area contributed by atoms with Crippen molar-refractivity contribution in [1.29, 1.82) is 0 Å². The van der Waals surface area contributed by atoms with Crippen molar-refractivity contribution in [2.75, 3.05) is 0 Å². The van der Waals surface area contributed by atoms with Crippen LogP contribution >= 0.6 is 0 Å². The fraction of sp³-hybridized carbons (Fsp3) is 0.400. The molecule has 1 aromatic carbocycles. The summed E-state index contributed by atoms with van der Waals surface area (Å²) in [5.74, 6) is 0. The van der Waals surface area contributed by atoms with Gasteiger partial charge in [0.1, 0.15) is 0 Å². The van der Waals surface area contributed by atoms with Gasteiger partial charge in [0.25, 0.3) is 9.84 Å². The Hall–Kier alpha value is -1.04. The van der Waals surface area contributed by atoms with Gasteiger partial charge < -0.3 is 0 Å². The van der Waals surface area contributed by atoms with Crippen LogP contribution in [0.5, 0.6) is 0 Å². The lowest BCUT2D eigenvalue weighted by molar-refractivity contribution is -0.0436. The summed E-state index contributed by atoms with van der Waals surface area (Å²) in [5, 5.41) is 0. The normalized spacial score (nSPS) is 12.8. The molecule has 89 valence electrons. The zero-order chi connectivity index (χ0) is 12.6. The third-order valence-electron chi connectivity index (χ3n) is 2.03. The van der Waals surface area contributed by atoms with Crippen LogP contribution in [0.25, 0.3) is 0 Å². The second kappa shape index (κ2) is 4.08. The van der Waals surface area contributed by atoms with Crippen molar-refractivity contribution >= 4 is 9.84 Å². The van der Waals surface area contributed by atoms with Gasteiger partial charge in [0.15, 0.2) is 0 Å². The maximum atomic E-state index is 12.3. The highest BCUT2D eigenvalue weighted by Gasteiger charge is 2.46. The first-order chi connectivity index (χ1) is 7.18. The average Bonchev–Trinajstić information content (AvgIpc) is 2.15. The van der Waals surface area contributed by atoms with E-state index in [4.69, 9.17) is 0 Å². The van der Waals surface area contributed by atoms with Gasteiger partial charge in [-0.2, -0.15) is 13.2 Å². The molecule has 16 heavy (non-hydrogen) atoms. The highest BCUT2D eigenvalue weighted by Crippen LogP contribution is 2.31. The van der Waals surface area contributed by atoms with Crippen LogP contribution < -0.4 is 0 Å². The molecule has 0 fully saturated rings. The molecule has 0 unspecified atom stereocenters. The van der Waals surface area contributed by atoms with Gasteiger partial charge in [-0.1, -0.05) is 6.92 Å². The molecule has 0 atom stereocenters. The molecule has 0 saturated heterocycles. The Kier molecular flexibility index (Phi) is 3.33. The molecule has 0 spiro atoms. The third-order valence-corrected chi connectivity index (χ3v) is 3.49. The Bertz CT molecular complexity index is 489. The molecule has 0 aromatic heterocycles. The lowest BCUT2D eigenvalue weighted by Crippen LogP contribution is -2.23. The van der Waals surface area contributed by atoms with Crippen molar-refractivity contribution in [3.63, 3.8) is 0 Å². The minimum absolute atomic E-state index is 0.377. The number of aryl methyl sites for hydroxylation is 2. The Balaban J connectivity index is 3.40. The van der Waals surface area contributed by atoms with Crippen molar-refractivity contribution in [1.82, 2.24) is 0 Å². The summed E-state index contributed by atoms with van der Waals surface area (Å²) in [6, 6.07) is 4.77. The Labute approximate surface area is 92.0 Å². The first-order valence-corrected chi connectivity index (χ1v) is 6.01. The van der Waals surface area contributed by atoms with Crippen LogP contribution in [-0.4, -0.2) is 13.9 Å². The van der Waals surface area contributed by atoms with E-state index in [9.17, 15) is 21.6 Å². The first-order valence-electron chi connectivity index (χ1n) is 4.52. The molecule has 0 saturated carbocycles. The third kappa shape index (κ3) is 2.37. The van der Waals surface area contributed by atoms with Gasteiger partial charge in [0.05, 0.1) is 4.90 Å². The summed E-state index contributed by atoms with van der Waals surface area (Å²) in [4.78, 5) is -0.715. The lowest BCUT2D eigenvalue weighted by atomic mass is 10.1. The van der Waals surface area contributed by atoms with Crippen LogP contribution in [0.15, 0.2) is 17.0 Å². The number of hydrogen-bond donors (Lipinski definition) is 0. The van der Waals surface area contributed by atoms with Gasteiger partial charge >= 0.3 is 5.51 Å². The molecule has 0 aliphatic carbocycles. The van der Waals surface area contributed by atoms with E-state index < -0.39 is 20.2 Å². The van der Waals surface area contributed by atoms with E-state index in [2.05, 4.69) is 6.07 Å². The van der Waals surface area contributed by atoms with E-state index in [0.29, 0.717) is 17.5 Å². The molecule has 0 aliphatic rings. The summed E-state index contributed by atoms with van der Waals surface area (Å²) in [5.41, 5.74) is -4.43. The maximum absolute atomic E-state index is 12.3. The molecule has 0 aliphatic heterocycles. The zero-order valence-corrected chi connectivity index (χ0v) is 9.54. The van der Waals surface area contributed by atoms with Crippen LogP contribution in [0.1, 0.15) is 18.1 Å². The fourth-order valence-electron chi connectivity index (χ4n) is 1.23. The monoisotopic (exact) mass is 251 g/mol. The van der Waals surface area contributed by atoms with E-state index >= 15 is 0 Å². The predicted molar refractivity (Wildman–Crippen MR) is 52.6 cm³/mol. The van der Waals surface area contributed by atoms with E-state index in [1.54, 1.807) is 6.92 Å². The van der Waals surface area contributed by atoms with Crippen LogP contribution in [-0.2, 0) is 16.3 Å². The molecule has 2 nitrogen and oxygen atoms in total. The highest BCUT2D eigenvalue weighted by atomic mass is 32.2. The Morgan fingerprint density at radius 2 is 1.88 bits per heavy atom. The van der Waals surface area contributed by atoms with Crippen molar-refractivity contribution in [3.8, 4) is 0 Å². The standard InChI is InChI=1S/C10H10F3O2S/c1-3-8-4-7(2)5-9(6-8)16(14,15)10(11,12)13/h5-6H,3H2,1-2H3. The van der Waals surface area contributed by atoms with Crippen molar-refractivity contribution in [3.05, 3.63) is 29.3 Å². The van der Waals surface area contributed by atoms with Gasteiger partial charge in [0, 0.05) is 0 Å². The predicted octanol–water partition coefficient (Wildman–Crippen LogP) is 2.65. The van der Waals surface area contributed by atoms with E-state index in [0.717, 1.165) is 12.1 Å². The smallest absolute Gasteiger partial charge is 0.214 e. The van der Waals surface area contributed by atoms with Crippen molar-refractivity contribution in [2.45, 2.75) is 30.7 Å². The van der Waals surface area contributed by atoms with Crippen LogP contribution in [0.2, 0.25) is 0 Å². The molecule has 1 aromatic rings. The SMILES string of the molecule is CCc1[c]c(C)cc(S(=O)(=O)C(F)(F)F)c1. The number of sulfone groups is 1.